The van der Waals surface area contributed by atoms with Gasteiger partial charge in [-0.3, -0.25) is 4.79 Å². The van der Waals surface area contributed by atoms with Gasteiger partial charge in [-0.15, -0.1) is 10.2 Å². The zero-order valence-corrected chi connectivity index (χ0v) is 20.4. The van der Waals surface area contributed by atoms with Gasteiger partial charge in [-0.25, -0.2) is 19.4 Å². The summed E-state index contributed by atoms with van der Waals surface area (Å²) in [5.41, 5.74) is -1.87. The van der Waals surface area contributed by atoms with E-state index in [1.807, 2.05) is 0 Å². The molecule has 15 nitrogen and oxygen atoms in total. The summed E-state index contributed by atoms with van der Waals surface area (Å²) >= 11 is 0. The van der Waals surface area contributed by atoms with Crippen LogP contribution in [0.25, 0.3) is 0 Å². The minimum atomic E-state index is -4.78. The van der Waals surface area contributed by atoms with Crippen LogP contribution in [0.2, 0.25) is 0 Å². The highest BCUT2D eigenvalue weighted by molar-refractivity contribution is 6.06. The van der Waals surface area contributed by atoms with E-state index in [1.54, 1.807) is 13.8 Å². The van der Waals surface area contributed by atoms with E-state index in [0.717, 1.165) is 15.6 Å². The molecule has 0 saturated heterocycles. The van der Waals surface area contributed by atoms with Gasteiger partial charge >= 0.3 is 12.3 Å². The Morgan fingerprint density at radius 3 is 2.35 bits per heavy atom. The first-order valence-electron chi connectivity index (χ1n) is 10.7. The lowest BCUT2D eigenvalue weighted by atomic mass is 10.1. The van der Waals surface area contributed by atoms with Crippen molar-refractivity contribution in [2.75, 3.05) is 4.90 Å². The van der Waals surface area contributed by atoms with Crippen molar-refractivity contribution < 1.29 is 37.0 Å². The van der Waals surface area contributed by atoms with E-state index in [0.29, 0.717) is 6.07 Å². The van der Waals surface area contributed by atoms with Gasteiger partial charge in [0, 0.05) is 7.05 Å². The average Bonchev–Trinajstić information content (AvgIpc) is 3.40. The minimum Gasteiger partial charge on any atom is -0.432 e. The summed E-state index contributed by atoms with van der Waals surface area (Å²) in [4.78, 5) is 31.3. The van der Waals surface area contributed by atoms with Gasteiger partial charge in [0.05, 0.1) is 31.0 Å². The highest BCUT2D eigenvalue weighted by Gasteiger charge is 2.36. The molecule has 0 bridgehead atoms. The van der Waals surface area contributed by atoms with Gasteiger partial charge in [0.1, 0.15) is 12.3 Å². The molecule has 0 aromatic carbocycles. The smallest absolute Gasteiger partial charge is 0.432 e. The van der Waals surface area contributed by atoms with E-state index < -0.39 is 42.9 Å². The van der Waals surface area contributed by atoms with Gasteiger partial charge in [-0.1, -0.05) is 5.10 Å². The van der Waals surface area contributed by atoms with Crippen LogP contribution in [0.1, 0.15) is 48.3 Å². The van der Waals surface area contributed by atoms with Crippen molar-refractivity contribution in [2.24, 2.45) is 14.1 Å². The molecule has 200 valence electrons. The van der Waals surface area contributed by atoms with Crippen molar-refractivity contribution in [1.29, 1.82) is 0 Å². The normalized spacial score (nSPS) is 12.5. The second-order valence-electron chi connectivity index (χ2n) is 7.79. The minimum absolute atomic E-state index is 0.162. The van der Waals surface area contributed by atoms with Crippen LogP contribution in [0, 0.1) is 0 Å². The fourth-order valence-corrected chi connectivity index (χ4v) is 2.97. The number of halogens is 3. The summed E-state index contributed by atoms with van der Waals surface area (Å²) in [6.07, 6.45) is -7.70. The van der Waals surface area contributed by atoms with Crippen molar-refractivity contribution in [2.45, 2.75) is 52.5 Å². The number of alkyl halides is 3. The van der Waals surface area contributed by atoms with Crippen molar-refractivity contribution in [3.8, 4) is 0 Å². The Labute approximate surface area is 207 Å². The first kappa shape index (κ1) is 27.4. The maximum atomic E-state index is 13.6. The first-order chi connectivity index (χ1) is 17.4. The molecular weight excluding hydrogens is 505 g/mol. The van der Waals surface area contributed by atoms with Crippen LogP contribution < -0.4 is 4.90 Å². The Hall–Kier alpha value is -4.22. The highest BCUT2D eigenvalue weighted by Crippen LogP contribution is 2.29. The lowest BCUT2D eigenvalue weighted by Crippen LogP contribution is -2.44. The van der Waals surface area contributed by atoms with Crippen LogP contribution in [0.5, 0.6) is 0 Å². The molecule has 3 rings (SSSR count). The predicted molar refractivity (Wildman–Crippen MR) is 114 cm³/mol. The zero-order chi connectivity index (χ0) is 27.3. The number of rotatable bonds is 9. The summed E-state index contributed by atoms with van der Waals surface area (Å²) < 4.78 is 56.8. The number of carbonyl (C=O) groups excluding carboxylic acids is 2. The SMILES string of the molecule is CC(C)OC(=O)OC(C)N(C(=O)c1ccc(C(F)(F)F)nc1COCc1nnn(C)n1)c1nnnn1C. The van der Waals surface area contributed by atoms with Crippen molar-refractivity contribution in [1.82, 2.24) is 45.4 Å². The van der Waals surface area contributed by atoms with Crippen LogP contribution >= 0.6 is 0 Å². The molecule has 0 saturated carbocycles. The number of hydrogen-bond donors (Lipinski definition) is 0. The molecule has 3 aromatic heterocycles. The van der Waals surface area contributed by atoms with Crippen LogP contribution in [-0.2, 0) is 47.7 Å². The molecule has 18 heteroatoms. The van der Waals surface area contributed by atoms with E-state index >= 15 is 0 Å². The second-order valence-corrected chi connectivity index (χ2v) is 7.79. The molecular formula is C19H23F3N10O5. The Kier molecular flexibility index (Phi) is 8.31. The van der Waals surface area contributed by atoms with E-state index in [9.17, 15) is 22.8 Å². The van der Waals surface area contributed by atoms with Gasteiger partial charge in [0.15, 0.2) is 12.1 Å². The third-order valence-corrected chi connectivity index (χ3v) is 4.51. The Morgan fingerprint density at radius 2 is 1.78 bits per heavy atom. The molecule has 1 amide bonds. The van der Waals surface area contributed by atoms with Gasteiger partial charge in [-0.05, 0) is 48.5 Å². The maximum absolute atomic E-state index is 13.6. The molecule has 1 atom stereocenters. The van der Waals surface area contributed by atoms with Gasteiger partial charge in [0.25, 0.3) is 11.9 Å². The summed E-state index contributed by atoms with van der Waals surface area (Å²) in [7, 11) is 2.94. The predicted octanol–water partition coefficient (Wildman–Crippen LogP) is 1.42. The van der Waals surface area contributed by atoms with E-state index in [4.69, 9.17) is 14.2 Å². The fourth-order valence-electron chi connectivity index (χ4n) is 2.97. The molecule has 3 aromatic rings. The number of ether oxygens (including phenoxy) is 3. The summed E-state index contributed by atoms with van der Waals surface area (Å²) in [5, 5.41) is 22.1. The fraction of sp³-hybridized carbons (Fsp3) is 0.526. The molecule has 1 unspecified atom stereocenters. The first-order valence-corrected chi connectivity index (χ1v) is 10.7. The van der Waals surface area contributed by atoms with Crippen LogP contribution in [0.4, 0.5) is 23.9 Å². The summed E-state index contributed by atoms with van der Waals surface area (Å²) in [5.74, 6) is -0.912. The summed E-state index contributed by atoms with van der Waals surface area (Å²) in [6, 6.07) is 1.58. The highest BCUT2D eigenvalue weighted by atomic mass is 19.4. The Morgan fingerprint density at radius 1 is 1.05 bits per heavy atom. The monoisotopic (exact) mass is 528 g/mol. The number of tetrazole rings is 2. The van der Waals surface area contributed by atoms with Gasteiger partial charge < -0.3 is 14.2 Å². The number of hydrogen-bond acceptors (Lipinski definition) is 12. The second kappa shape index (κ2) is 11.2. The Bertz CT molecular complexity index is 1250. The molecule has 0 fully saturated rings. The number of pyridine rings is 1. The third kappa shape index (κ3) is 6.93. The number of aromatic nitrogens is 9. The number of aryl methyl sites for hydroxylation is 2. The quantitative estimate of drug-likeness (QED) is 0.290. The van der Waals surface area contributed by atoms with Crippen molar-refractivity contribution >= 4 is 18.0 Å². The zero-order valence-electron chi connectivity index (χ0n) is 20.4. The number of anilines is 1. The molecule has 0 spiro atoms. The molecule has 0 aliphatic rings. The summed E-state index contributed by atoms with van der Waals surface area (Å²) in [6.45, 7) is 3.80. The van der Waals surface area contributed by atoms with Crippen LogP contribution in [-0.4, -0.2) is 69.8 Å². The largest absolute Gasteiger partial charge is 0.510 e. The van der Waals surface area contributed by atoms with Crippen LogP contribution in [0.15, 0.2) is 12.1 Å². The Balaban J connectivity index is 1.95. The lowest BCUT2D eigenvalue weighted by Gasteiger charge is -2.27. The molecule has 0 N–H and O–H groups in total. The molecule has 0 radical (unpaired) electrons. The number of amides is 1. The molecule has 37 heavy (non-hydrogen) atoms. The van der Waals surface area contributed by atoms with Crippen molar-refractivity contribution in [3.05, 3.63) is 34.9 Å². The third-order valence-electron chi connectivity index (χ3n) is 4.51. The maximum Gasteiger partial charge on any atom is 0.510 e. The van der Waals surface area contributed by atoms with Gasteiger partial charge in [0.2, 0.25) is 0 Å². The lowest BCUT2D eigenvalue weighted by molar-refractivity contribution is -0.141. The van der Waals surface area contributed by atoms with Crippen molar-refractivity contribution in [3.63, 3.8) is 0 Å². The number of carbonyl (C=O) groups is 2. The van der Waals surface area contributed by atoms with Gasteiger partial charge in [-0.2, -0.15) is 18.0 Å². The topological polar surface area (TPSA) is 165 Å². The molecule has 0 aliphatic carbocycles. The van der Waals surface area contributed by atoms with E-state index in [1.165, 1.54) is 25.8 Å². The average molecular weight is 528 g/mol. The van der Waals surface area contributed by atoms with Crippen LogP contribution in [0.3, 0.4) is 0 Å². The standard InChI is InChI=1S/C19H23F3N10O5/c1-10(2)36-18(34)37-11(3)32(17-25-27-29-30(17)4)16(33)12-6-7-14(19(20,21)22)23-13(12)8-35-9-15-24-28-31(5)26-15/h6-7,10-11H,8-9H2,1-5H3. The molecule has 0 aliphatic heterocycles. The number of nitrogens with zero attached hydrogens (tertiary/aromatic N) is 10. The van der Waals surface area contributed by atoms with E-state index in [-0.39, 0.29) is 29.6 Å². The molecule has 3 heterocycles. The van der Waals surface area contributed by atoms with E-state index in [2.05, 4.69) is 35.9 Å².